The van der Waals surface area contributed by atoms with Crippen LogP contribution < -0.4 is 4.90 Å². The van der Waals surface area contributed by atoms with Crippen LogP contribution in [0.4, 0.5) is 5.82 Å². The Morgan fingerprint density at radius 3 is 2.89 bits per heavy atom. The van der Waals surface area contributed by atoms with Gasteiger partial charge in [-0.3, -0.25) is 9.88 Å². The summed E-state index contributed by atoms with van der Waals surface area (Å²) < 4.78 is 4.89. The van der Waals surface area contributed by atoms with Crippen molar-refractivity contribution in [3.8, 4) is 0 Å². The van der Waals surface area contributed by atoms with Crippen LogP contribution in [0.15, 0.2) is 36.5 Å². The van der Waals surface area contributed by atoms with Crippen molar-refractivity contribution < 1.29 is 14.6 Å². The second kappa shape index (κ2) is 8.92. The smallest absolute Gasteiger partial charge is 0.341 e. The number of carbonyl (C=O) groups is 1. The number of piperazine rings is 1. The largest absolute Gasteiger partial charge is 0.465 e. The third-order valence-corrected chi connectivity index (χ3v) is 4.87. The normalized spacial score (nSPS) is 17.7. The van der Waals surface area contributed by atoms with Crippen molar-refractivity contribution in [3.05, 3.63) is 53.5 Å². The summed E-state index contributed by atoms with van der Waals surface area (Å²) in [5, 5.41) is 9.53. The summed E-state index contributed by atoms with van der Waals surface area (Å²) in [5.74, 6) is 0.254. The van der Waals surface area contributed by atoms with Crippen LogP contribution in [-0.4, -0.2) is 65.3 Å². The van der Waals surface area contributed by atoms with Crippen LogP contribution in [0.25, 0.3) is 0 Å². The first-order valence-electron chi connectivity index (χ1n) is 9.18. The topological polar surface area (TPSA) is 78.8 Å². The van der Waals surface area contributed by atoms with Crippen LogP contribution in [0.1, 0.15) is 28.2 Å². The number of nitrogens with zero attached hydrogens (tertiary/aromatic N) is 4. The van der Waals surface area contributed by atoms with E-state index < -0.39 is 0 Å². The molecule has 2 aromatic heterocycles. The van der Waals surface area contributed by atoms with Gasteiger partial charge in [-0.25, -0.2) is 9.78 Å². The summed E-state index contributed by atoms with van der Waals surface area (Å²) in [5.41, 5.74) is 2.50. The molecule has 3 heterocycles. The van der Waals surface area contributed by atoms with E-state index >= 15 is 0 Å². The van der Waals surface area contributed by atoms with Gasteiger partial charge in [0.2, 0.25) is 0 Å². The molecule has 7 nitrogen and oxygen atoms in total. The summed E-state index contributed by atoms with van der Waals surface area (Å²) in [6.07, 6.45) is 2.34. The lowest BCUT2D eigenvalue weighted by Crippen LogP contribution is -2.53. The Hall–Kier alpha value is -2.51. The van der Waals surface area contributed by atoms with Gasteiger partial charge < -0.3 is 14.7 Å². The monoisotopic (exact) mass is 370 g/mol. The number of methoxy groups -OCH3 is 1. The average Bonchev–Trinajstić information content (AvgIpc) is 2.69. The Morgan fingerprint density at radius 1 is 1.30 bits per heavy atom. The summed E-state index contributed by atoms with van der Waals surface area (Å²) in [7, 11) is 1.38. The van der Waals surface area contributed by atoms with E-state index in [4.69, 9.17) is 4.74 Å². The number of aliphatic hydroxyl groups is 1. The molecule has 1 saturated heterocycles. The molecule has 0 radical (unpaired) electrons. The molecule has 3 rings (SSSR count). The van der Waals surface area contributed by atoms with E-state index in [2.05, 4.69) is 19.8 Å². The Labute approximate surface area is 159 Å². The van der Waals surface area contributed by atoms with Gasteiger partial charge in [-0.15, -0.1) is 0 Å². The number of hydrogen-bond donors (Lipinski definition) is 1. The number of hydrogen-bond acceptors (Lipinski definition) is 7. The number of ether oxygens (including phenoxy) is 1. The Kier molecular flexibility index (Phi) is 6.36. The molecule has 7 heteroatoms. The summed E-state index contributed by atoms with van der Waals surface area (Å²) in [4.78, 5) is 25.5. The zero-order valence-electron chi connectivity index (χ0n) is 15.8. The Balaban J connectivity index is 1.77. The molecule has 1 aliphatic rings. The van der Waals surface area contributed by atoms with Crippen LogP contribution in [0.2, 0.25) is 0 Å². The van der Waals surface area contributed by atoms with Gasteiger partial charge in [-0.1, -0.05) is 6.07 Å². The SMILES string of the molecule is COC(=O)c1cccnc1N1CCN(Cc2cccc(C)n2)C(CCO)C1. The third-order valence-electron chi connectivity index (χ3n) is 4.87. The lowest BCUT2D eigenvalue weighted by Gasteiger charge is -2.42. The molecular weight excluding hydrogens is 344 g/mol. The van der Waals surface area contributed by atoms with Gasteiger partial charge in [0, 0.05) is 50.7 Å². The molecule has 0 saturated carbocycles. The van der Waals surface area contributed by atoms with Crippen molar-refractivity contribution in [2.24, 2.45) is 0 Å². The van der Waals surface area contributed by atoms with Gasteiger partial charge in [0.15, 0.2) is 0 Å². The van der Waals surface area contributed by atoms with Crippen molar-refractivity contribution in [1.29, 1.82) is 0 Å². The number of rotatable bonds is 6. The van der Waals surface area contributed by atoms with Crippen molar-refractivity contribution in [2.45, 2.75) is 25.9 Å². The first-order chi connectivity index (χ1) is 13.1. The third kappa shape index (κ3) is 4.61. The highest BCUT2D eigenvalue weighted by Crippen LogP contribution is 2.24. The minimum atomic E-state index is -0.386. The van der Waals surface area contributed by atoms with E-state index in [-0.39, 0.29) is 18.6 Å². The van der Waals surface area contributed by atoms with Gasteiger partial charge in [0.25, 0.3) is 0 Å². The highest BCUT2D eigenvalue weighted by molar-refractivity contribution is 5.94. The van der Waals surface area contributed by atoms with Crippen molar-refractivity contribution in [3.63, 3.8) is 0 Å². The van der Waals surface area contributed by atoms with E-state index in [1.54, 1.807) is 18.3 Å². The first kappa shape index (κ1) is 19.3. The molecule has 0 amide bonds. The van der Waals surface area contributed by atoms with Crippen LogP contribution in [-0.2, 0) is 11.3 Å². The molecule has 1 atom stereocenters. The van der Waals surface area contributed by atoms with Crippen LogP contribution >= 0.6 is 0 Å². The highest BCUT2D eigenvalue weighted by Gasteiger charge is 2.29. The summed E-state index contributed by atoms with van der Waals surface area (Å²) in [6.45, 7) is 5.08. The molecule has 1 fully saturated rings. The summed E-state index contributed by atoms with van der Waals surface area (Å²) in [6, 6.07) is 9.66. The molecule has 1 N–H and O–H groups in total. The van der Waals surface area contributed by atoms with E-state index in [1.165, 1.54) is 7.11 Å². The molecule has 1 unspecified atom stereocenters. The van der Waals surface area contributed by atoms with E-state index in [1.807, 2.05) is 25.1 Å². The fourth-order valence-electron chi connectivity index (χ4n) is 3.53. The van der Waals surface area contributed by atoms with Gasteiger partial charge in [-0.05, 0) is 37.6 Å². The molecule has 27 heavy (non-hydrogen) atoms. The molecule has 0 aromatic carbocycles. The predicted octanol–water partition coefficient (Wildman–Crippen LogP) is 1.64. The molecular formula is C20H26N4O3. The zero-order valence-corrected chi connectivity index (χ0v) is 15.8. The molecule has 144 valence electrons. The maximum Gasteiger partial charge on any atom is 0.341 e. The lowest BCUT2D eigenvalue weighted by atomic mass is 10.1. The number of aromatic nitrogens is 2. The van der Waals surface area contributed by atoms with E-state index in [9.17, 15) is 9.90 Å². The first-order valence-corrected chi connectivity index (χ1v) is 9.18. The number of anilines is 1. The molecule has 0 spiro atoms. The van der Waals surface area contributed by atoms with Crippen molar-refractivity contribution >= 4 is 11.8 Å². The molecule has 0 aliphatic carbocycles. The second-order valence-electron chi connectivity index (χ2n) is 6.72. The van der Waals surface area contributed by atoms with E-state index in [0.717, 1.165) is 31.0 Å². The van der Waals surface area contributed by atoms with Crippen molar-refractivity contribution in [2.75, 3.05) is 38.3 Å². The minimum absolute atomic E-state index is 0.113. The Bertz CT molecular complexity index is 783. The number of esters is 1. The number of aryl methyl sites for hydroxylation is 1. The van der Waals surface area contributed by atoms with Gasteiger partial charge in [-0.2, -0.15) is 0 Å². The fourth-order valence-corrected chi connectivity index (χ4v) is 3.53. The second-order valence-corrected chi connectivity index (χ2v) is 6.72. The molecule has 0 bridgehead atoms. The predicted molar refractivity (Wildman–Crippen MR) is 103 cm³/mol. The highest BCUT2D eigenvalue weighted by atomic mass is 16.5. The quantitative estimate of drug-likeness (QED) is 0.775. The van der Waals surface area contributed by atoms with Crippen molar-refractivity contribution in [1.82, 2.24) is 14.9 Å². The number of aliphatic hydroxyl groups excluding tert-OH is 1. The van der Waals surface area contributed by atoms with Crippen LogP contribution in [0.5, 0.6) is 0 Å². The molecule has 1 aliphatic heterocycles. The maximum absolute atomic E-state index is 12.1. The van der Waals surface area contributed by atoms with Crippen LogP contribution in [0.3, 0.4) is 0 Å². The van der Waals surface area contributed by atoms with Crippen LogP contribution in [0, 0.1) is 6.92 Å². The number of carbonyl (C=O) groups excluding carboxylic acids is 1. The summed E-state index contributed by atoms with van der Waals surface area (Å²) >= 11 is 0. The Morgan fingerprint density at radius 2 is 2.15 bits per heavy atom. The van der Waals surface area contributed by atoms with Gasteiger partial charge >= 0.3 is 5.97 Å². The zero-order chi connectivity index (χ0) is 19.2. The number of pyridine rings is 2. The lowest BCUT2D eigenvalue weighted by molar-refractivity contribution is 0.0600. The average molecular weight is 370 g/mol. The van der Waals surface area contributed by atoms with Gasteiger partial charge in [0.05, 0.1) is 12.8 Å². The van der Waals surface area contributed by atoms with E-state index in [0.29, 0.717) is 24.3 Å². The maximum atomic E-state index is 12.1. The standard InChI is InChI=1S/C20H26N4O3/c1-15-5-3-6-16(22-15)13-23-10-11-24(14-17(23)8-12-25)19-18(20(26)27-2)7-4-9-21-19/h3-7,9,17,25H,8,10-14H2,1-2H3. The van der Waals surface area contributed by atoms with Gasteiger partial charge in [0.1, 0.15) is 11.4 Å². The molecule has 2 aromatic rings. The minimum Gasteiger partial charge on any atom is -0.465 e. The fraction of sp³-hybridized carbons (Fsp3) is 0.450.